The van der Waals surface area contributed by atoms with Gasteiger partial charge in [-0.3, -0.25) is 4.79 Å². The molecule has 3 nitrogen and oxygen atoms in total. The first-order chi connectivity index (χ1) is 7.00. The maximum Gasteiger partial charge on any atom is 0.247 e. The summed E-state index contributed by atoms with van der Waals surface area (Å²) in [5.41, 5.74) is 0.169. The van der Waals surface area contributed by atoms with Crippen molar-refractivity contribution in [1.82, 2.24) is 0 Å². The molecule has 1 rings (SSSR count). The molecule has 6 heteroatoms. The Bertz CT molecular complexity index is 340. The van der Waals surface area contributed by atoms with Gasteiger partial charge in [-0.05, 0) is 24.3 Å². The van der Waals surface area contributed by atoms with Crippen LogP contribution in [-0.4, -0.2) is 12.3 Å². The molecule has 0 atom stereocenters. The monoisotopic (exact) mass is 218 g/mol. The van der Waals surface area contributed by atoms with Gasteiger partial charge in [0.25, 0.3) is 0 Å². The zero-order valence-corrected chi connectivity index (χ0v) is 7.66. The van der Waals surface area contributed by atoms with Crippen LogP contribution in [0.2, 0.25) is 0 Å². The third kappa shape index (κ3) is 3.25. The Morgan fingerprint density at radius 1 is 1.33 bits per heavy atom. The van der Waals surface area contributed by atoms with Crippen molar-refractivity contribution in [2.75, 3.05) is 5.01 Å². The first-order valence-electron chi connectivity index (χ1n) is 4.12. The minimum Gasteiger partial charge on any atom is -0.273 e. The van der Waals surface area contributed by atoms with Crippen molar-refractivity contribution in [1.29, 1.82) is 0 Å². The number of carbonyl (C=O) groups is 1. The summed E-state index contributed by atoms with van der Waals surface area (Å²) in [7, 11) is 0. The third-order valence-corrected chi connectivity index (χ3v) is 1.70. The highest BCUT2D eigenvalue weighted by atomic mass is 19.3. The fourth-order valence-corrected chi connectivity index (χ4v) is 0.976. The normalized spacial score (nSPS) is 10.5. The summed E-state index contributed by atoms with van der Waals surface area (Å²) in [5, 5.41) is 0.575. The lowest BCUT2D eigenvalue weighted by atomic mass is 10.3. The van der Waals surface area contributed by atoms with Crippen LogP contribution in [0.4, 0.5) is 18.9 Å². The van der Waals surface area contributed by atoms with Gasteiger partial charge in [0.2, 0.25) is 12.3 Å². The van der Waals surface area contributed by atoms with Crippen LogP contribution in [-0.2, 0) is 4.79 Å². The van der Waals surface area contributed by atoms with Crippen LogP contribution in [0.15, 0.2) is 24.3 Å². The minimum absolute atomic E-state index is 0.169. The molecule has 1 aromatic carbocycles. The summed E-state index contributed by atoms with van der Waals surface area (Å²) in [6.07, 6.45) is -3.70. The van der Waals surface area contributed by atoms with E-state index in [1.165, 1.54) is 12.1 Å². The predicted molar refractivity (Wildman–Crippen MR) is 48.7 cm³/mol. The van der Waals surface area contributed by atoms with Crippen LogP contribution in [0.25, 0.3) is 0 Å². The second kappa shape index (κ2) is 4.79. The van der Waals surface area contributed by atoms with E-state index in [-0.39, 0.29) is 5.69 Å². The lowest BCUT2D eigenvalue weighted by Crippen LogP contribution is -2.38. The van der Waals surface area contributed by atoms with Crippen LogP contribution in [0.3, 0.4) is 0 Å². The number of benzene rings is 1. The zero-order valence-electron chi connectivity index (χ0n) is 7.66. The first kappa shape index (κ1) is 11.5. The molecule has 1 amide bonds. The lowest BCUT2D eigenvalue weighted by molar-refractivity contribution is -0.121. The van der Waals surface area contributed by atoms with Crippen molar-refractivity contribution in [3.8, 4) is 0 Å². The zero-order chi connectivity index (χ0) is 11.4. The Hall–Kier alpha value is -1.56. The number of halogens is 3. The Kier molecular flexibility index (Phi) is 3.68. The van der Waals surface area contributed by atoms with Gasteiger partial charge in [-0.15, -0.1) is 0 Å². The highest BCUT2D eigenvalue weighted by molar-refractivity contribution is 5.92. The summed E-state index contributed by atoms with van der Waals surface area (Å²) in [6, 6.07) is 4.65. The number of anilines is 1. The molecule has 0 saturated carbocycles. The summed E-state index contributed by atoms with van der Waals surface area (Å²) >= 11 is 0. The van der Waals surface area contributed by atoms with Gasteiger partial charge in [-0.25, -0.2) is 24.0 Å². The molecular weight excluding hydrogens is 209 g/mol. The van der Waals surface area contributed by atoms with Gasteiger partial charge in [0.1, 0.15) is 5.82 Å². The topological polar surface area (TPSA) is 46.3 Å². The Balaban J connectivity index is 2.71. The van der Waals surface area contributed by atoms with Gasteiger partial charge < -0.3 is 0 Å². The average Bonchev–Trinajstić information content (AvgIpc) is 2.17. The predicted octanol–water partition coefficient (Wildman–Crippen LogP) is 1.69. The fourth-order valence-electron chi connectivity index (χ4n) is 0.976. The maximum atomic E-state index is 12.5. The molecule has 0 fully saturated rings. The van der Waals surface area contributed by atoms with E-state index in [2.05, 4.69) is 0 Å². The fraction of sp³-hybridized carbons (Fsp3) is 0.222. The highest BCUT2D eigenvalue weighted by Gasteiger charge is 2.16. The molecule has 15 heavy (non-hydrogen) atoms. The molecule has 0 aromatic heterocycles. The number of nitrogens with two attached hydrogens (primary N) is 1. The van der Waals surface area contributed by atoms with Crippen molar-refractivity contribution in [2.24, 2.45) is 5.84 Å². The van der Waals surface area contributed by atoms with Gasteiger partial charge >= 0.3 is 0 Å². The molecule has 2 N–H and O–H groups in total. The molecule has 0 aliphatic rings. The number of hydrogen-bond acceptors (Lipinski definition) is 2. The third-order valence-electron chi connectivity index (χ3n) is 1.70. The lowest BCUT2D eigenvalue weighted by Gasteiger charge is -2.16. The van der Waals surface area contributed by atoms with E-state index in [0.717, 1.165) is 12.1 Å². The van der Waals surface area contributed by atoms with Crippen LogP contribution in [0.5, 0.6) is 0 Å². The molecule has 0 unspecified atom stereocenters. The standard InChI is InChI=1S/C9H9F3N2O/c10-6-1-3-7(4-2-6)14(13)9(15)5-8(11)12/h1-4,8H,5,13H2. The number of amides is 1. The van der Waals surface area contributed by atoms with Crippen LogP contribution in [0.1, 0.15) is 6.42 Å². The van der Waals surface area contributed by atoms with E-state index in [9.17, 15) is 18.0 Å². The maximum absolute atomic E-state index is 12.5. The summed E-state index contributed by atoms with van der Waals surface area (Å²) in [6.45, 7) is 0. The Morgan fingerprint density at radius 3 is 2.33 bits per heavy atom. The van der Waals surface area contributed by atoms with Crippen LogP contribution < -0.4 is 10.9 Å². The number of rotatable bonds is 3. The largest absolute Gasteiger partial charge is 0.273 e. The summed E-state index contributed by atoms with van der Waals surface area (Å²) < 4.78 is 36.2. The van der Waals surface area contributed by atoms with E-state index < -0.39 is 24.6 Å². The summed E-state index contributed by atoms with van der Waals surface area (Å²) in [4.78, 5) is 11.1. The molecule has 0 saturated heterocycles. The van der Waals surface area contributed by atoms with Crippen molar-refractivity contribution in [2.45, 2.75) is 12.8 Å². The number of alkyl halides is 2. The second-order valence-electron chi connectivity index (χ2n) is 2.84. The van der Waals surface area contributed by atoms with Gasteiger partial charge in [-0.2, -0.15) is 0 Å². The van der Waals surface area contributed by atoms with E-state index in [1.54, 1.807) is 0 Å². The van der Waals surface area contributed by atoms with Gasteiger partial charge in [0.05, 0.1) is 12.1 Å². The molecule has 0 bridgehead atoms. The first-order valence-corrected chi connectivity index (χ1v) is 4.12. The van der Waals surface area contributed by atoms with Crippen LogP contribution in [0, 0.1) is 5.82 Å². The minimum atomic E-state index is -2.75. The van der Waals surface area contributed by atoms with E-state index >= 15 is 0 Å². The van der Waals surface area contributed by atoms with Crippen LogP contribution >= 0.6 is 0 Å². The quantitative estimate of drug-likeness (QED) is 0.476. The number of hydrazine groups is 1. The molecule has 0 spiro atoms. The van der Waals surface area contributed by atoms with E-state index in [0.29, 0.717) is 5.01 Å². The number of carbonyl (C=O) groups excluding carboxylic acids is 1. The average molecular weight is 218 g/mol. The Morgan fingerprint density at radius 2 is 1.87 bits per heavy atom. The SMILES string of the molecule is NN(C(=O)CC(F)F)c1ccc(F)cc1. The van der Waals surface area contributed by atoms with Crippen molar-refractivity contribution in [3.63, 3.8) is 0 Å². The van der Waals surface area contributed by atoms with Crippen molar-refractivity contribution >= 4 is 11.6 Å². The van der Waals surface area contributed by atoms with Gasteiger partial charge in [-0.1, -0.05) is 0 Å². The summed E-state index contributed by atoms with van der Waals surface area (Å²) in [5.74, 6) is 3.85. The number of nitrogens with zero attached hydrogens (tertiary/aromatic N) is 1. The Labute approximate surface area is 84.3 Å². The molecular formula is C9H9F3N2O. The van der Waals surface area contributed by atoms with Crippen molar-refractivity contribution < 1.29 is 18.0 Å². The van der Waals surface area contributed by atoms with Gasteiger partial charge in [0.15, 0.2) is 0 Å². The van der Waals surface area contributed by atoms with Gasteiger partial charge in [0, 0.05) is 0 Å². The van der Waals surface area contributed by atoms with Crippen molar-refractivity contribution in [3.05, 3.63) is 30.1 Å². The molecule has 0 radical (unpaired) electrons. The molecule has 0 aliphatic carbocycles. The number of hydrogen-bond donors (Lipinski definition) is 1. The molecule has 82 valence electrons. The van der Waals surface area contributed by atoms with E-state index in [4.69, 9.17) is 5.84 Å². The van der Waals surface area contributed by atoms with E-state index in [1.807, 2.05) is 0 Å². The highest BCUT2D eigenvalue weighted by Crippen LogP contribution is 2.13. The molecule has 0 aliphatic heterocycles. The second-order valence-corrected chi connectivity index (χ2v) is 2.84. The molecule has 0 heterocycles. The molecule has 1 aromatic rings. The smallest absolute Gasteiger partial charge is 0.247 e.